The maximum atomic E-state index is 9.04. The molecule has 2 aromatic carbocycles. The molecule has 0 fully saturated rings. The summed E-state index contributed by atoms with van der Waals surface area (Å²) in [7, 11) is 0. The third-order valence-electron chi connectivity index (χ3n) is 2.32. The van der Waals surface area contributed by atoms with Crippen LogP contribution in [0.5, 0.6) is 11.5 Å². The Hall–Kier alpha value is -1.41. The van der Waals surface area contributed by atoms with Crippen molar-refractivity contribution in [3.63, 3.8) is 0 Å². The van der Waals surface area contributed by atoms with E-state index >= 15 is 0 Å². The molecule has 0 aliphatic rings. The molecule has 0 amide bonds. The van der Waals surface area contributed by atoms with Gasteiger partial charge in [-0.2, -0.15) is 5.26 Å². The van der Waals surface area contributed by atoms with E-state index in [-0.39, 0.29) is 0 Å². The third-order valence-corrected chi connectivity index (χ3v) is 3.81. The van der Waals surface area contributed by atoms with E-state index in [0.717, 1.165) is 0 Å². The molecule has 2 aromatic rings. The zero-order valence-corrected chi connectivity index (χ0v) is 12.6. The van der Waals surface area contributed by atoms with Gasteiger partial charge in [-0.3, -0.25) is 0 Å². The highest BCUT2D eigenvalue weighted by atomic mass is 79.9. The van der Waals surface area contributed by atoms with Gasteiger partial charge in [-0.15, -0.1) is 0 Å². The standard InChI is InChI=1S/C13H7BrCl2N2O/c14-9-4-11(16)13(5-10(9)15)19-12-2-1-8(18)3-7(12)6-17/h1-5H,18H2. The highest BCUT2D eigenvalue weighted by molar-refractivity contribution is 9.10. The predicted molar refractivity (Wildman–Crippen MR) is 79.8 cm³/mol. The first-order valence-corrected chi connectivity index (χ1v) is 6.68. The fraction of sp³-hybridized carbons (Fsp3) is 0. The zero-order chi connectivity index (χ0) is 14.0. The first kappa shape index (κ1) is 14.0. The molecule has 0 spiro atoms. The minimum Gasteiger partial charge on any atom is -0.454 e. The van der Waals surface area contributed by atoms with Gasteiger partial charge in [0.1, 0.15) is 17.6 Å². The van der Waals surface area contributed by atoms with Crippen molar-refractivity contribution in [3.05, 3.63) is 50.4 Å². The molecule has 0 unspecified atom stereocenters. The van der Waals surface area contributed by atoms with Gasteiger partial charge in [0, 0.05) is 16.2 Å². The van der Waals surface area contributed by atoms with Crippen molar-refractivity contribution in [1.82, 2.24) is 0 Å². The lowest BCUT2D eigenvalue weighted by molar-refractivity contribution is 0.481. The van der Waals surface area contributed by atoms with Crippen molar-refractivity contribution in [1.29, 1.82) is 5.26 Å². The van der Waals surface area contributed by atoms with Gasteiger partial charge in [0.25, 0.3) is 0 Å². The van der Waals surface area contributed by atoms with Gasteiger partial charge in [0.2, 0.25) is 0 Å². The first-order valence-electron chi connectivity index (χ1n) is 5.13. The number of rotatable bonds is 2. The third kappa shape index (κ3) is 3.13. The molecule has 0 saturated heterocycles. The van der Waals surface area contributed by atoms with E-state index < -0.39 is 0 Å². The number of nitriles is 1. The van der Waals surface area contributed by atoms with Crippen LogP contribution in [0.25, 0.3) is 0 Å². The Kier molecular flexibility index (Phi) is 4.20. The number of nitrogens with zero attached hydrogens (tertiary/aromatic N) is 1. The second-order valence-electron chi connectivity index (χ2n) is 3.67. The first-order chi connectivity index (χ1) is 9.01. The Morgan fingerprint density at radius 1 is 1.11 bits per heavy atom. The maximum absolute atomic E-state index is 9.04. The second kappa shape index (κ2) is 5.70. The monoisotopic (exact) mass is 356 g/mol. The lowest BCUT2D eigenvalue weighted by Gasteiger charge is -2.10. The Labute approximate surface area is 128 Å². The molecule has 19 heavy (non-hydrogen) atoms. The summed E-state index contributed by atoms with van der Waals surface area (Å²) in [6.07, 6.45) is 0. The quantitative estimate of drug-likeness (QED) is 0.607. The highest BCUT2D eigenvalue weighted by Gasteiger charge is 2.10. The van der Waals surface area contributed by atoms with Crippen LogP contribution in [-0.4, -0.2) is 0 Å². The van der Waals surface area contributed by atoms with E-state index in [9.17, 15) is 0 Å². The maximum Gasteiger partial charge on any atom is 0.147 e. The van der Waals surface area contributed by atoms with Gasteiger partial charge >= 0.3 is 0 Å². The molecule has 0 saturated carbocycles. The van der Waals surface area contributed by atoms with E-state index in [1.165, 1.54) is 6.07 Å². The molecule has 6 heteroatoms. The minimum atomic E-state index is 0.329. The SMILES string of the molecule is N#Cc1cc(N)ccc1Oc1cc(Cl)c(Br)cc1Cl. The number of ether oxygens (including phenoxy) is 1. The molecule has 0 aliphatic heterocycles. The Balaban J connectivity index is 2.42. The number of hydrogen-bond acceptors (Lipinski definition) is 3. The summed E-state index contributed by atoms with van der Waals surface area (Å²) in [6, 6.07) is 10.0. The van der Waals surface area contributed by atoms with Gasteiger partial charge in [0.05, 0.1) is 15.6 Å². The van der Waals surface area contributed by atoms with Crippen molar-refractivity contribution in [2.75, 3.05) is 5.73 Å². The number of halogens is 3. The predicted octanol–water partition coefficient (Wildman–Crippen LogP) is 5.00. The Bertz CT molecular complexity index is 683. The van der Waals surface area contributed by atoms with Crippen LogP contribution in [0.1, 0.15) is 5.56 Å². The molecule has 3 nitrogen and oxygen atoms in total. The lowest BCUT2D eigenvalue weighted by atomic mass is 10.2. The molecule has 0 aliphatic carbocycles. The summed E-state index contributed by atoms with van der Waals surface area (Å²) in [4.78, 5) is 0. The summed E-state index contributed by atoms with van der Waals surface area (Å²) >= 11 is 15.3. The van der Waals surface area contributed by atoms with Crippen molar-refractivity contribution < 1.29 is 4.74 Å². The number of nitrogens with two attached hydrogens (primary N) is 1. The smallest absolute Gasteiger partial charge is 0.147 e. The normalized spacial score (nSPS) is 10.0. The number of benzene rings is 2. The summed E-state index contributed by atoms with van der Waals surface area (Å²) in [5, 5.41) is 9.89. The van der Waals surface area contributed by atoms with Crippen LogP contribution in [0.4, 0.5) is 5.69 Å². The van der Waals surface area contributed by atoms with E-state index in [4.69, 9.17) is 38.9 Å². The fourth-order valence-corrected chi connectivity index (χ4v) is 2.26. The molecule has 0 atom stereocenters. The summed E-state index contributed by atoms with van der Waals surface area (Å²) < 4.78 is 6.28. The summed E-state index contributed by atoms with van der Waals surface area (Å²) in [5.74, 6) is 0.744. The van der Waals surface area contributed by atoms with Crippen LogP contribution in [-0.2, 0) is 0 Å². The molecule has 96 valence electrons. The Morgan fingerprint density at radius 3 is 2.53 bits per heavy atom. The Morgan fingerprint density at radius 2 is 1.84 bits per heavy atom. The van der Waals surface area contributed by atoms with Crippen molar-refractivity contribution in [3.8, 4) is 17.6 Å². The van der Waals surface area contributed by atoms with Gasteiger partial charge in [-0.1, -0.05) is 23.2 Å². The van der Waals surface area contributed by atoms with Crippen LogP contribution in [0, 0.1) is 11.3 Å². The minimum absolute atomic E-state index is 0.329. The molecule has 0 radical (unpaired) electrons. The van der Waals surface area contributed by atoms with Gasteiger partial charge in [-0.25, -0.2) is 0 Å². The summed E-state index contributed by atoms with van der Waals surface area (Å²) in [6.45, 7) is 0. The second-order valence-corrected chi connectivity index (χ2v) is 5.33. The average Bonchev–Trinajstić information content (AvgIpc) is 2.37. The van der Waals surface area contributed by atoms with Gasteiger partial charge < -0.3 is 10.5 Å². The topological polar surface area (TPSA) is 59.0 Å². The van der Waals surface area contributed by atoms with Gasteiger partial charge in [-0.05, 0) is 40.2 Å². The number of hydrogen-bond donors (Lipinski definition) is 1. The van der Waals surface area contributed by atoms with Crippen molar-refractivity contribution in [2.45, 2.75) is 0 Å². The molecule has 2 N–H and O–H groups in total. The van der Waals surface area contributed by atoms with Crippen LogP contribution in [0.3, 0.4) is 0 Å². The van der Waals surface area contributed by atoms with Crippen LogP contribution in [0.2, 0.25) is 10.0 Å². The zero-order valence-electron chi connectivity index (χ0n) is 9.45. The largest absolute Gasteiger partial charge is 0.454 e. The molecule has 0 heterocycles. The van der Waals surface area contributed by atoms with Crippen LogP contribution in [0.15, 0.2) is 34.8 Å². The molecule has 0 aromatic heterocycles. The van der Waals surface area contributed by atoms with Crippen LogP contribution >= 0.6 is 39.1 Å². The average molecular weight is 358 g/mol. The lowest BCUT2D eigenvalue weighted by Crippen LogP contribution is -1.92. The van der Waals surface area contributed by atoms with E-state index in [2.05, 4.69) is 15.9 Å². The highest BCUT2D eigenvalue weighted by Crippen LogP contribution is 2.37. The fourth-order valence-electron chi connectivity index (χ4n) is 1.42. The molecular weight excluding hydrogens is 351 g/mol. The number of anilines is 1. The van der Waals surface area contributed by atoms with Crippen LogP contribution < -0.4 is 10.5 Å². The van der Waals surface area contributed by atoms with Crippen molar-refractivity contribution in [2.24, 2.45) is 0 Å². The van der Waals surface area contributed by atoms with E-state index in [0.29, 0.717) is 37.3 Å². The summed E-state index contributed by atoms with van der Waals surface area (Å²) in [5.41, 5.74) is 6.43. The van der Waals surface area contributed by atoms with Gasteiger partial charge in [0.15, 0.2) is 0 Å². The number of nitrogen functional groups attached to an aromatic ring is 1. The molecule has 2 rings (SSSR count). The van der Waals surface area contributed by atoms with E-state index in [1.807, 2.05) is 6.07 Å². The van der Waals surface area contributed by atoms with E-state index in [1.54, 1.807) is 24.3 Å². The molecular formula is C13H7BrCl2N2O. The van der Waals surface area contributed by atoms with Crippen molar-refractivity contribution >= 4 is 44.8 Å². The molecule has 0 bridgehead atoms.